The second-order valence-corrected chi connectivity index (χ2v) is 6.01. The van der Waals surface area contributed by atoms with E-state index in [2.05, 4.69) is 30.3 Å². The van der Waals surface area contributed by atoms with Gasteiger partial charge in [-0.05, 0) is 58.5 Å². The normalized spacial score (nSPS) is 16.7. The average molecular weight is 290 g/mol. The Morgan fingerprint density at radius 3 is 2.71 bits per heavy atom. The third kappa shape index (κ3) is 5.05. The lowest BCUT2D eigenvalue weighted by Crippen LogP contribution is -2.43. The molecule has 0 unspecified atom stereocenters. The summed E-state index contributed by atoms with van der Waals surface area (Å²) in [6, 6.07) is 6.42. The predicted molar refractivity (Wildman–Crippen MR) is 84.7 cm³/mol. The number of hydrogen-bond donors (Lipinski definition) is 1. The van der Waals surface area contributed by atoms with Gasteiger partial charge in [-0.2, -0.15) is 0 Å². The van der Waals surface area contributed by atoms with Crippen LogP contribution in [0.15, 0.2) is 18.2 Å². The maximum Gasteiger partial charge on any atom is 0.223 e. The molecule has 0 saturated carbocycles. The maximum atomic E-state index is 11.9. The van der Waals surface area contributed by atoms with E-state index in [-0.39, 0.29) is 5.91 Å². The smallest absolute Gasteiger partial charge is 0.223 e. The number of nitrogens with zero attached hydrogens (tertiary/aromatic N) is 1. The SMILES string of the molecule is Cc1ccc(OCCC(=O)NC2CCN(C)CC2)c(C)c1. The van der Waals surface area contributed by atoms with Gasteiger partial charge in [0, 0.05) is 6.04 Å². The Morgan fingerprint density at radius 2 is 2.05 bits per heavy atom. The number of likely N-dealkylation sites (tertiary alicyclic amines) is 1. The van der Waals surface area contributed by atoms with E-state index in [1.165, 1.54) is 5.56 Å². The van der Waals surface area contributed by atoms with E-state index in [4.69, 9.17) is 4.74 Å². The van der Waals surface area contributed by atoms with Gasteiger partial charge in [-0.15, -0.1) is 0 Å². The summed E-state index contributed by atoms with van der Waals surface area (Å²) in [6.45, 7) is 6.64. The zero-order valence-corrected chi connectivity index (χ0v) is 13.3. The quantitative estimate of drug-likeness (QED) is 0.904. The molecule has 116 valence electrons. The molecular formula is C17H26N2O2. The van der Waals surface area contributed by atoms with Crippen LogP contribution >= 0.6 is 0 Å². The van der Waals surface area contributed by atoms with Gasteiger partial charge in [-0.1, -0.05) is 17.7 Å². The van der Waals surface area contributed by atoms with Crippen molar-refractivity contribution in [2.75, 3.05) is 26.7 Å². The molecule has 0 spiro atoms. The lowest BCUT2D eigenvalue weighted by atomic mass is 10.1. The van der Waals surface area contributed by atoms with Gasteiger partial charge < -0.3 is 15.0 Å². The molecule has 0 bridgehead atoms. The van der Waals surface area contributed by atoms with E-state index >= 15 is 0 Å². The topological polar surface area (TPSA) is 41.6 Å². The molecule has 4 heteroatoms. The number of nitrogens with one attached hydrogen (secondary N) is 1. The number of ether oxygens (including phenoxy) is 1. The van der Waals surface area contributed by atoms with Gasteiger partial charge in [0.1, 0.15) is 5.75 Å². The molecule has 4 nitrogen and oxygen atoms in total. The minimum absolute atomic E-state index is 0.0920. The first-order valence-corrected chi connectivity index (χ1v) is 7.72. The van der Waals surface area contributed by atoms with Crippen molar-refractivity contribution in [3.05, 3.63) is 29.3 Å². The molecule has 1 fully saturated rings. The number of hydrogen-bond acceptors (Lipinski definition) is 3. The molecule has 21 heavy (non-hydrogen) atoms. The van der Waals surface area contributed by atoms with Crippen LogP contribution in [0.2, 0.25) is 0 Å². The second kappa shape index (κ2) is 7.46. The first-order chi connectivity index (χ1) is 10.0. The van der Waals surface area contributed by atoms with Crippen LogP contribution in [0.5, 0.6) is 5.75 Å². The van der Waals surface area contributed by atoms with E-state index < -0.39 is 0 Å². The Balaban J connectivity index is 1.69. The molecule has 2 rings (SSSR count). The molecule has 0 aromatic heterocycles. The van der Waals surface area contributed by atoms with Crippen molar-refractivity contribution in [2.24, 2.45) is 0 Å². The number of rotatable bonds is 5. The van der Waals surface area contributed by atoms with Gasteiger partial charge >= 0.3 is 0 Å². The van der Waals surface area contributed by atoms with Crippen LogP contribution in [0.25, 0.3) is 0 Å². The van der Waals surface area contributed by atoms with Crippen LogP contribution in [0.3, 0.4) is 0 Å². The summed E-state index contributed by atoms with van der Waals surface area (Å²) in [7, 11) is 2.12. The van der Waals surface area contributed by atoms with Crippen molar-refractivity contribution in [2.45, 2.75) is 39.2 Å². The van der Waals surface area contributed by atoms with Crippen molar-refractivity contribution < 1.29 is 9.53 Å². The Morgan fingerprint density at radius 1 is 1.33 bits per heavy atom. The van der Waals surface area contributed by atoms with Crippen molar-refractivity contribution in [3.63, 3.8) is 0 Å². The van der Waals surface area contributed by atoms with Crippen LogP contribution in [0.4, 0.5) is 0 Å². The van der Waals surface area contributed by atoms with E-state index in [1.54, 1.807) is 0 Å². The van der Waals surface area contributed by atoms with Gasteiger partial charge in [-0.3, -0.25) is 4.79 Å². The fourth-order valence-corrected chi connectivity index (χ4v) is 2.67. The van der Waals surface area contributed by atoms with E-state index in [9.17, 15) is 4.79 Å². The molecule has 1 heterocycles. The number of carbonyl (C=O) groups excluding carboxylic acids is 1. The first kappa shape index (κ1) is 15.8. The highest BCUT2D eigenvalue weighted by Gasteiger charge is 2.18. The maximum absolute atomic E-state index is 11.9. The fourth-order valence-electron chi connectivity index (χ4n) is 2.67. The largest absolute Gasteiger partial charge is 0.493 e. The highest BCUT2D eigenvalue weighted by atomic mass is 16.5. The highest BCUT2D eigenvalue weighted by Crippen LogP contribution is 2.18. The number of piperidine rings is 1. The monoisotopic (exact) mass is 290 g/mol. The molecule has 1 aromatic carbocycles. The molecule has 1 N–H and O–H groups in total. The van der Waals surface area contributed by atoms with Gasteiger partial charge in [0.2, 0.25) is 5.91 Å². The summed E-state index contributed by atoms with van der Waals surface area (Å²) >= 11 is 0. The van der Waals surface area contributed by atoms with Crippen molar-refractivity contribution >= 4 is 5.91 Å². The Bertz CT molecular complexity index is 480. The van der Waals surface area contributed by atoms with Gasteiger partial charge in [0.25, 0.3) is 0 Å². The molecule has 1 aromatic rings. The molecule has 1 saturated heterocycles. The average Bonchev–Trinajstić information content (AvgIpc) is 2.44. The standard InChI is InChI=1S/C17H26N2O2/c1-13-4-5-16(14(2)12-13)21-11-8-17(20)18-15-6-9-19(3)10-7-15/h4-5,12,15H,6-11H2,1-3H3,(H,18,20). The fraction of sp³-hybridized carbons (Fsp3) is 0.588. The van der Waals surface area contributed by atoms with Crippen LogP contribution in [0, 0.1) is 13.8 Å². The second-order valence-electron chi connectivity index (χ2n) is 6.01. The minimum Gasteiger partial charge on any atom is -0.493 e. The zero-order valence-electron chi connectivity index (χ0n) is 13.3. The Kier molecular flexibility index (Phi) is 5.62. The Hall–Kier alpha value is -1.55. The molecule has 1 amide bonds. The van der Waals surface area contributed by atoms with E-state index in [0.717, 1.165) is 37.2 Å². The Labute approximate surface area is 127 Å². The minimum atomic E-state index is 0.0920. The summed E-state index contributed by atoms with van der Waals surface area (Å²) in [4.78, 5) is 14.2. The molecule has 0 radical (unpaired) electrons. The number of aryl methyl sites for hydroxylation is 2. The summed E-state index contributed by atoms with van der Waals surface area (Å²) in [5, 5.41) is 3.10. The highest BCUT2D eigenvalue weighted by molar-refractivity contribution is 5.76. The van der Waals surface area contributed by atoms with Crippen molar-refractivity contribution in [1.29, 1.82) is 0 Å². The number of benzene rings is 1. The third-order valence-corrected chi connectivity index (χ3v) is 4.00. The van der Waals surface area contributed by atoms with Crippen LogP contribution in [-0.2, 0) is 4.79 Å². The third-order valence-electron chi connectivity index (χ3n) is 4.00. The summed E-state index contributed by atoms with van der Waals surface area (Å²) in [5.74, 6) is 0.960. The summed E-state index contributed by atoms with van der Waals surface area (Å²) < 4.78 is 5.70. The lowest BCUT2D eigenvalue weighted by molar-refractivity contribution is -0.122. The molecule has 0 atom stereocenters. The van der Waals surface area contributed by atoms with Gasteiger partial charge in [-0.25, -0.2) is 0 Å². The number of carbonyl (C=O) groups is 1. The van der Waals surface area contributed by atoms with Crippen LogP contribution in [-0.4, -0.2) is 43.6 Å². The molecular weight excluding hydrogens is 264 g/mol. The van der Waals surface area contributed by atoms with Crippen molar-refractivity contribution in [3.8, 4) is 5.75 Å². The predicted octanol–water partition coefficient (Wildman–Crippen LogP) is 2.28. The van der Waals surface area contributed by atoms with Crippen LogP contribution in [0.1, 0.15) is 30.4 Å². The first-order valence-electron chi connectivity index (χ1n) is 7.72. The van der Waals surface area contributed by atoms with E-state index in [1.807, 2.05) is 19.1 Å². The molecule has 0 aliphatic carbocycles. The van der Waals surface area contributed by atoms with Gasteiger partial charge in [0.05, 0.1) is 13.0 Å². The molecule has 1 aliphatic heterocycles. The number of amides is 1. The van der Waals surface area contributed by atoms with E-state index in [0.29, 0.717) is 19.1 Å². The van der Waals surface area contributed by atoms with Crippen LogP contribution < -0.4 is 10.1 Å². The van der Waals surface area contributed by atoms with Crippen molar-refractivity contribution in [1.82, 2.24) is 10.2 Å². The zero-order chi connectivity index (χ0) is 15.2. The summed E-state index contributed by atoms with van der Waals surface area (Å²) in [6.07, 6.45) is 2.50. The van der Waals surface area contributed by atoms with Gasteiger partial charge in [0.15, 0.2) is 0 Å². The molecule has 1 aliphatic rings. The lowest BCUT2D eigenvalue weighted by Gasteiger charge is -2.29. The summed E-state index contributed by atoms with van der Waals surface area (Å²) in [5.41, 5.74) is 2.34.